The third kappa shape index (κ3) is 4.64. The summed E-state index contributed by atoms with van der Waals surface area (Å²) in [4.78, 5) is 12.6. The van der Waals surface area contributed by atoms with Crippen LogP contribution >= 0.6 is 0 Å². The third-order valence-electron chi connectivity index (χ3n) is 7.38. The number of halogens is 1. The fraction of sp³-hybridized carbons (Fsp3) is 0.321. The van der Waals surface area contributed by atoms with Crippen LogP contribution in [0.4, 0.5) is 4.39 Å². The molecule has 1 aliphatic carbocycles. The lowest BCUT2D eigenvalue weighted by Crippen LogP contribution is -2.44. The molecule has 1 amide bonds. The summed E-state index contributed by atoms with van der Waals surface area (Å²) in [6.45, 7) is 4.11. The zero-order chi connectivity index (χ0) is 23.0. The van der Waals surface area contributed by atoms with Crippen molar-refractivity contribution in [1.29, 1.82) is 0 Å². The van der Waals surface area contributed by atoms with E-state index in [-0.39, 0.29) is 23.9 Å². The van der Waals surface area contributed by atoms with E-state index in [4.69, 9.17) is 0 Å². The Balaban J connectivity index is 1.13. The van der Waals surface area contributed by atoms with E-state index in [2.05, 4.69) is 42.7 Å². The van der Waals surface area contributed by atoms with Gasteiger partial charge in [-0.25, -0.2) is 4.39 Å². The average Bonchev–Trinajstić information content (AvgIpc) is 3.29. The number of carbonyl (C=O) groups is 1. The van der Waals surface area contributed by atoms with E-state index in [1.165, 1.54) is 30.8 Å². The lowest BCUT2D eigenvalue weighted by atomic mass is 9.99. The van der Waals surface area contributed by atoms with Gasteiger partial charge in [0.15, 0.2) is 0 Å². The van der Waals surface area contributed by atoms with Crippen LogP contribution in [0.15, 0.2) is 72.8 Å². The van der Waals surface area contributed by atoms with Crippen LogP contribution in [-0.4, -0.2) is 42.2 Å². The molecular formula is C28H30FN2O2+. The number of hydrogen-bond acceptors (Lipinski definition) is 2. The predicted molar refractivity (Wildman–Crippen MR) is 127 cm³/mol. The zero-order valence-corrected chi connectivity index (χ0v) is 18.9. The molecule has 3 aromatic carbocycles. The molecular weight excluding hydrogens is 415 g/mol. The molecule has 0 bridgehead atoms. The first kappa shape index (κ1) is 21.7. The summed E-state index contributed by atoms with van der Waals surface area (Å²) in [5.41, 5.74) is 3.29. The van der Waals surface area contributed by atoms with Crippen molar-refractivity contribution >= 4 is 5.91 Å². The smallest absolute Gasteiger partial charge is 0.224 e. The van der Waals surface area contributed by atoms with Crippen LogP contribution in [0.25, 0.3) is 11.1 Å². The maximum Gasteiger partial charge on any atom is 0.224 e. The summed E-state index contributed by atoms with van der Waals surface area (Å²) < 4.78 is 14.3. The van der Waals surface area contributed by atoms with E-state index in [1.54, 1.807) is 24.3 Å². The van der Waals surface area contributed by atoms with Crippen LogP contribution in [0, 0.1) is 23.6 Å². The maximum atomic E-state index is 13.2. The summed E-state index contributed by atoms with van der Waals surface area (Å²) >= 11 is 0. The lowest BCUT2D eigenvalue weighted by Gasteiger charge is -2.32. The van der Waals surface area contributed by atoms with Gasteiger partial charge in [-0.2, -0.15) is 0 Å². The molecule has 1 saturated heterocycles. The molecule has 170 valence electrons. The summed E-state index contributed by atoms with van der Waals surface area (Å²) in [5.74, 6) is 1.63. The van der Waals surface area contributed by atoms with Gasteiger partial charge in [0.05, 0.1) is 26.6 Å². The van der Waals surface area contributed by atoms with Crippen LogP contribution < -0.4 is 5.32 Å². The molecule has 0 spiro atoms. The summed E-state index contributed by atoms with van der Waals surface area (Å²) in [5, 5.41) is 13.8. The Kier molecular flexibility index (Phi) is 5.67. The van der Waals surface area contributed by atoms with Crippen molar-refractivity contribution in [2.45, 2.75) is 13.0 Å². The number of para-hydroxylation sites is 1. The topological polar surface area (TPSA) is 49.3 Å². The molecule has 1 saturated carbocycles. The van der Waals surface area contributed by atoms with Crippen molar-refractivity contribution in [1.82, 2.24) is 5.32 Å². The van der Waals surface area contributed by atoms with Gasteiger partial charge in [0.1, 0.15) is 18.1 Å². The number of nitrogens with zero attached hydrogens (tertiary/aromatic N) is 1. The minimum atomic E-state index is -0.321. The Morgan fingerprint density at radius 3 is 2.39 bits per heavy atom. The first-order valence-corrected chi connectivity index (χ1v) is 11.6. The van der Waals surface area contributed by atoms with Crippen LogP contribution in [0.2, 0.25) is 0 Å². The van der Waals surface area contributed by atoms with E-state index in [1.807, 2.05) is 6.07 Å². The van der Waals surface area contributed by atoms with Crippen LogP contribution in [0.3, 0.4) is 0 Å². The van der Waals surface area contributed by atoms with E-state index in [0.717, 1.165) is 16.6 Å². The average molecular weight is 446 g/mol. The van der Waals surface area contributed by atoms with Crippen LogP contribution in [-0.2, 0) is 17.8 Å². The number of likely N-dealkylation sites (tertiary alicyclic amines) is 1. The predicted octanol–water partition coefficient (Wildman–Crippen LogP) is 4.38. The summed E-state index contributed by atoms with van der Waals surface area (Å²) in [6, 6.07) is 22.0. The molecule has 0 radical (unpaired) electrons. The minimum Gasteiger partial charge on any atom is -0.507 e. The Bertz CT molecular complexity index is 1130. The van der Waals surface area contributed by atoms with Gasteiger partial charge in [-0.1, -0.05) is 60.7 Å². The number of rotatable bonds is 7. The highest BCUT2D eigenvalue weighted by atomic mass is 19.1. The Hall–Kier alpha value is -3.18. The molecule has 2 unspecified atom stereocenters. The number of amides is 1. The van der Waals surface area contributed by atoms with Crippen molar-refractivity contribution in [3.63, 3.8) is 0 Å². The molecule has 0 aromatic heterocycles. The van der Waals surface area contributed by atoms with Gasteiger partial charge in [-0.15, -0.1) is 0 Å². The fourth-order valence-corrected chi connectivity index (χ4v) is 5.68. The number of phenols is 1. The SMILES string of the molecule is C[N+]1(Cc2ccccc2)CC2C(CNC(=O)Cc3cccc(-c4ccc(F)cc4)c3O)C2C1. The van der Waals surface area contributed by atoms with Gasteiger partial charge in [0, 0.05) is 35.1 Å². The third-order valence-corrected chi connectivity index (χ3v) is 7.38. The molecule has 4 nitrogen and oxygen atoms in total. The lowest BCUT2D eigenvalue weighted by molar-refractivity contribution is -0.916. The first-order valence-electron chi connectivity index (χ1n) is 11.6. The molecule has 2 atom stereocenters. The highest BCUT2D eigenvalue weighted by Gasteiger charge is 2.61. The van der Waals surface area contributed by atoms with Gasteiger partial charge in [-0.3, -0.25) is 4.79 Å². The number of phenolic OH excluding ortho intramolecular Hbond substituents is 1. The Morgan fingerprint density at radius 2 is 1.70 bits per heavy atom. The second-order valence-corrected chi connectivity index (χ2v) is 9.92. The first-order chi connectivity index (χ1) is 15.9. The van der Waals surface area contributed by atoms with Crippen molar-refractivity contribution in [3.05, 3.63) is 89.7 Å². The molecule has 5 heteroatoms. The zero-order valence-electron chi connectivity index (χ0n) is 18.9. The minimum absolute atomic E-state index is 0.0759. The molecule has 33 heavy (non-hydrogen) atoms. The number of aromatic hydroxyl groups is 1. The molecule has 1 heterocycles. The van der Waals surface area contributed by atoms with Gasteiger partial charge < -0.3 is 14.9 Å². The highest BCUT2D eigenvalue weighted by molar-refractivity contribution is 5.81. The van der Waals surface area contributed by atoms with E-state index < -0.39 is 0 Å². The molecule has 2 fully saturated rings. The van der Waals surface area contributed by atoms with Crippen molar-refractivity contribution < 1.29 is 18.8 Å². The highest BCUT2D eigenvalue weighted by Crippen LogP contribution is 2.53. The molecule has 3 aromatic rings. The fourth-order valence-electron chi connectivity index (χ4n) is 5.68. The number of benzene rings is 3. The summed E-state index contributed by atoms with van der Waals surface area (Å²) in [6.07, 6.45) is 0.130. The largest absolute Gasteiger partial charge is 0.507 e. The van der Waals surface area contributed by atoms with Crippen LogP contribution in [0.1, 0.15) is 11.1 Å². The van der Waals surface area contributed by atoms with E-state index >= 15 is 0 Å². The van der Waals surface area contributed by atoms with Gasteiger partial charge in [-0.05, 0) is 23.6 Å². The van der Waals surface area contributed by atoms with E-state index in [9.17, 15) is 14.3 Å². The van der Waals surface area contributed by atoms with Crippen molar-refractivity contribution in [3.8, 4) is 16.9 Å². The van der Waals surface area contributed by atoms with E-state index in [0.29, 0.717) is 35.4 Å². The Labute approximate surface area is 194 Å². The van der Waals surface area contributed by atoms with Gasteiger partial charge >= 0.3 is 0 Å². The quantitative estimate of drug-likeness (QED) is 0.531. The number of piperidine rings is 1. The molecule has 2 aliphatic rings. The summed E-state index contributed by atoms with van der Waals surface area (Å²) in [7, 11) is 2.34. The monoisotopic (exact) mass is 445 g/mol. The molecule has 1 aliphatic heterocycles. The maximum absolute atomic E-state index is 13.2. The standard InChI is InChI=1S/C28H29FN2O2/c1-31(16-19-6-3-2-4-7-19)17-25-24(26(25)18-31)15-30-27(32)14-21-8-5-9-23(28(21)33)20-10-12-22(29)13-11-20/h2-13,24-26H,14-18H2,1H3,(H-,30,32,33)/p+1. The second kappa shape index (κ2) is 8.64. The van der Waals surface area contributed by atoms with Crippen molar-refractivity contribution in [2.75, 3.05) is 26.7 Å². The molecule has 5 rings (SSSR count). The van der Waals surface area contributed by atoms with Crippen LogP contribution in [0.5, 0.6) is 5.75 Å². The normalized spacial score (nSPS) is 25.5. The van der Waals surface area contributed by atoms with Gasteiger partial charge in [0.2, 0.25) is 5.91 Å². The number of fused-ring (bicyclic) bond motifs is 1. The number of quaternary nitrogens is 1. The van der Waals surface area contributed by atoms with Gasteiger partial charge in [0.25, 0.3) is 0 Å². The number of carbonyl (C=O) groups excluding carboxylic acids is 1. The van der Waals surface area contributed by atoms with Crippen molar-refractivity contribution in [2.24, 2.45) is 17.8 Å². The Morgan fingerprint density at radius 1 is 1.00 bits per heavy atom. The number of hydrogen-bond donors (Lipinski definition) is 2. The second-order valence-electron chi connectivity index (χ2n) is 9.92. The molecule has 2 N–H and O–H groups in total. The number of nitrogens with one attached hydrogen (secondary N) is 1.